The highest BCUT2D eigenvalue weighted by molar-refractivity contribution is 6.39. The highest BCUT2D eigenvalue weighted by Crippen LogP contribution is 2.45. The Bertz CT molecular complexity index is 1230. The predicted octanol–water partition coefficient (Wildman–Crippen LogP) is 5.47. The first-order valence-electron chi connectivity index (χ1n) is 11.8. The molecule has 0 unspecified atom stereocenters. The van der Waals surface area contributed by atoms with Crippen molar-refractivity contribution in [2.45, 2.75) is 72.4 Å². The minimum atomic E-state index is -0.730. The number of urea groups is 1. The van der Waals surface area contributed by atoms with Crippen LogP contribution in [0.25, 0.3) is 6.08 Å². The van der Waals surface area contributed by atoms with Crippen LogP contribution in [-0.2, 0) is 9.59 Å². The third kappa shape index (κ3) is 3.91. The van der Waals surface area contributed by atoms with Gasteiger partial charge in [0.1, 0.15) is 5.57 Å². The minimum absolute atomic E-state index is 0.0284. The Labute approximate surface area is 201 Å². The zero-order valence-electron chi connectivity index (χ0n) is 21.0. The molecule has 4 amide bonds. The summed E-state index contributed by atoms with van der Waals surface area (Å²) in [6.45, 7) is 15.0. The summed E-state index contributed by atoms with van der Waals surface area (Å²) in [5.41, 5.74) is 5.42. The summed E-state index contributed by atoms with van der Waals surface area (Å²) < 4.78 is 0. The van der Waals surface area contributed by atoms with Crippen LogP contribution >= 0.6 is 0 Å². The highest BCUT2D eigenvalue weighted by Gasteiger charge is 2.39. The van der Waals surface area contributed by atoms with E-state index in [1.807, 2.05) is 26.0 Å². The number of rotatable bonds is 3. The maximum atomic E-state index is 13.4. The molecule has 0 saturated carbocycles. The van der Waals surface area contributed by atoms with Crippen molar-refractivity contribution >= 4 is 35.3 Å². The van der Waals surface area contributed by atoms with E-state index >= 15 is 0 Å². The van der Waals surface area contributed by atoms with Gasteiger partial charge in [-0.15, -0.1) is 0 Å². The SMILES string of the molecule is Cc1cc2c(cc1/C=C1\C(=O)NC(=O)N(c3ccccc3C)C1=O)[C@@H](C)CC(C)(C)N2C(C)C. The number of nitrogens with one attached hydrogen (secondary N) is 1. The van der Waals surface area contributed by atoms with Crippen molar-refractivity contribution in [1.29, 1.82) is 0 Å². The van der Waals surface area contributed by atoms with E-state index in [2.05, 4.69) is 57.0 Å². The summed E-state index contributed by atoms with van der Waals surface area (Å²) in [7, 11) is 0. The van der Waals surface area contributed by atoms with Crippen molar-refractivity contribution in [3.8, 4) is 0 Å². The van der Waals surface area contributed by atoms with E-state index in [-0.39, 0.29) is 11.1 Å². The topological polar surface area (TPSA) is 69.7 Å². The Kier molecular flexibility index (Phi) is 5.88. The van der Waals surface area contributed by atoms with E-state index in [4.69, 9.17) is 0 Å². The normalized spacial score (nSPS) is 21.2. The second kappa shape index (κ2) is 8.42. The molecule has 0 radical (unpaired) electrons. The van der Waals surface area contributed by atoms with Crippen LogP contribution in [0.1, 0.15) is 69.2 Å². The van der Waals surface area contributed by atoms with Crippen molar-refractivity contribution in [2.75, 3.05) is 9.80 Å². The van der Waals surface area contributed by atoms with Gasteiger partial charge >= 0.3 is 6.03 Å². The molecule has 2 aromatic carbocycles. The Morgan fingerprint density at radius 3 is 2.35 bits per heavy atom. The van der Waals surface area contributed by atoms with Gasteiger partial charge < -0.3 is 4.90 Å². The number of hydrogen-bond donors (Lipinski definition) is 1. The molecular weight excluding hydrogens is 426 g/mol. The molecule has 1 saturated heterocycles. The van der Waals surface area contributed by atoms with E-state index in [0.717, 1.165) is 28.0 Å². The van der Waals surface area contributed by atoms with Crippen LogP contribution in [0.15, 0.2) is 42.0 Å². The van der Waals surface area contributed by atoms with Crippen molar-refractivity contribution < 1.29 is 14.4 Å². The van der Waals surface area contributed by atoms with Crippen LogP contribution in [0.4, 0.5) is 16.2 Å². The number of benzene rings is 2. The highest BCUT2D eigenvalue weighted by atomic mass is 16.2. The smallest absolute Gasteiger partial charge is 0.335 e. The Morgan fingerprint density at radius 1 is 1.03 bits per heavy atom. The Balaban J connectivity index is 1.80. The number of amides is 4. The average Bonchev–Trinajstić information content (AvgIpc) is 2.72. The van der Waals surface area contributed by atoms with Crippen LogP contribution in [0, 0.1) is 13.8 Å². The molecule has 178 valence electrons. The molecule has 4 rings (SSSR count). The molecule has 6 heteroatoms. The summed E-state index contributed by atoms with van der Waals surface area (Å²) in [5, 5.41) is 2.33. The standard InChI is InChI=1S/C28H33N3O3/c1-16(2)31-24-12-18(4)20(13-21(24)19(5)15-28(31,6)7)14-22-25(32)29-27(34)30(26(22)33)23-11-9-8-10-17(23)3/h8-14,16,19H,15H2,1-7H3,(H,29,32,34)/b22-14+/t19-/m0/s1. The maximum absolute atomic E-state index is 13.4. The quantitative estimate of drug-likeness (QED) is 0.488. The molecule has 0 aromatic heterocycles. The van der Waals surface area contributed by atoms with Gasteiger partial charge in [-0.05, 0) is 100 Å². The number of para-hydroxylation sites is 1. The van der Waals surface area contributed by atoms with Crippen molar-refractivity contribution in [1.82, 2.24) is 5.32 Å². The monoisotopic (exact) mass is 459 g/mol. The van der Waals surface area contributed by atoms with E-state index in [1.54, 1.807) is 18.2 Å². The first kappa shape index (κ1) is 23.7. The van der Waals surface area contributed by atoms with Crippen molar-refractivity contribution in [2.24, 2.45) is 0 Å². The summed E-state index contributed by atoms with van der Waals surface area (Å²) in [5.74, 6) is -0.952. The van der Waals surface area contributed by atoms with Crippen LogP contribution in [0.5, 0.6) is 0 Å². The third-order valence-electron chi connectivity index (χ3n) is 6.94. The van der Waals surface area contributed by atoms with Crippen molar-refractivity contribution in [3.63, 3.8) is 0 Å². The van der Waals surface area contributed by atoms with E-state index in [9.17, 15) is 14.4 Å². The molecule has 0 bridgehead atoms. The number of carbonyl (C=O) groups excluding carboxylic acids is 3. The van der Waals surface area contributed by atoms with Gasteiger partial charge in [-0.3, -0.25) is 14.9 Å². The number of hydrogen-bond acceptors (Lipinski definition) is 4. The number of fused-ring (bicyclic) bond motifs is 1. The number of aryl methyl sites for hydroxylation is 2. The second-order valence-electron chi connectivity index (χ2n) is 10.4. The fraction of sp³-hybridized carbons (Fsp3) is 0.393. The minimum Gasteiger partial charge on any atom is -0.364 e. The zero-order valence-corrected chi connectivity index (χ0v) is 21.0. The lowest BCUT2D eigenvalue weighted by atomic mass is 9.78. The molecule has 1 atom stereocenters. The van der Waals surface area contributed by atoms with Crippen LogP contribution in [0.3, 0.4) is 0 Å². The maximum Gasteiger partial charge on any atom is 0.335 e. The molecule has 1 N–H and O–H groups in total. The van der Waals surface area contributed by atoms with Gasteiger partial charge in [0.25, 0.3) is 11.8 Å². The lowest BCUT2D eigenvalue weighted by Crippen LogP contribution is -2.54. The zero-order chi connectivity index (χ0) is 24.9. The number of carbonyl (C=O) groups is 3. The lowest BCUT2D eigenvalue weighted by molar-refractivity contribution is -0.122. The molecular formula is C28H33N3O3. The third-order valence-corrected chi connectivity index (χ3v) is 6.94. The summed E-state index contributed by atoms with van der Waals surface area (Å²) in [6.07, 6.45) is 2.63. The first-order valence-corrected chi connectivity index (χ1v) is 11.8. The predicted molar refractivity (Wildman–Crippen MR) is 136 cm³/mol. The van der Waals surface area contributed by atoms with E-state index < -0.39 is 17.8 Å². The summed E-state index contributed by atoms with van der Waals surface area (Å²) in [6, 6.07) is 11.0. The molecule has 0 spiro atoms. The summed E-state index contributed by atoms with van der Waals surface area (Å²) in [4.78, 5) is 42.2. The molecule has 2 aromatic rings. The van der Waals surface area contributed by atoms with Crippen LogP contribution in [-0.4, -0.2) is 29.4 Å². The van der Waals surface area contributed by atoms with Gasteiger partial charge in [-0.25, -0.2) is 9.69 Å². The largest absolute Gasteiger partial charge is 0.364 e. The molecule has 6 nitrogen and oxygen atoms in total. The van der Waals surface area contributed by atoms with Gasteiger partial charge in [-0.1, -0.05) is 25.1 Å². The number of nitrogens with zero attached hydrogens (tertiary/aromatic N) is 2. The first-order chi connectivity index (χ1) is 15.9. The van der Waals surface area contributed by atoms with Crippen molar-refractivity contribution in [3.05, 3.63) is 64.2 Å². The molecule has 34 heavy (non-hydrogen) atoms. The number of anilines is 2. The fourth-order valence-corrected chi connectivity index (χ4v) is 5.59. The molecule has 1 fully saturated rings. The lowest BCUT2D eigenvalue weighted by Gasteiger charge is -2.50. The molecule has 2 heterocycles. The van der Waals surface area contributed by atoms with Gasteiger partial charge in [-0.2, -0.15) is 0 Å². The number of barbiturate groups is 1. The second-order valence-corrected chi connectivity index (χ2v) is 10.4. The molecule has 2 aliphatic rings. The van der Waals surface area contributed by atoms with Gasteiger partial charge in [0.05, 0.1) is 5.69 Å². The van der Waals surface area contributed by atoms with Crippen LogP contribution < -0.4 is 15.1 Å². The van der Waals surface area contributed by atoms with E-state index in [0.29, 0.717) is 17.6 Å². The van der Waals surface area contributed by atoms with Crippen LogP contribution in [0.2, 0.25) is 0 Å². The fourth-order valence-electron chi connectivity index (χ4n) is 5.59. The van der Waals surface area contributed by atoms with Gasteiger partial charge in [0.2, 0.25) is 0 Å². The average molecular weight is 460 g/mol. The van der Waals surface area contributed by atoms with Gasteiger partial charge in [0, 0.05) is 17.3 Å². The summed E-state index contributed by atoms with van der Waals surface area (Å²) >= 11 is 0. The molecule has 2 aliphatic heterocycles. The molecule has 0 aliphatic carbocycles. The van der Waals surface area contributed by atoms with Gasteiger partial charge in [0.15, 0.2) is 0 Å². The Morgan fingerprint density at radius 2 is 1.71 bits per heavy atom. The number of imide groups is 2. The van der Waals surface area contributed by atoms with E-state index in [1.165, 1.54) is 11.3 Å². The Hall–Kier alpha value is -3.41.